The molecule has 0 amide bonds. The molecule has 1 heterocycles. The van der Waals surface area contributed by atoms with Gasteiger partial charge in [0.1, 0.15) is 17.1 Å². The predicted molar refractivity (Wildman–Crippen MR) is 70.1 cm³/mol. The molecule has 0 bridgehead atoms. The minimum atomic E-state index is -0.670. The number of ether oxygens (including phenoxy) is 2. The van der Waals surface area contributed by atoms with Crippen LogP contribution in [0.1, 0.15) is 19.7 Å². The third-order valence-electron chi connectivity index (χ3n) is 2.64. The van der Waals surface area contributed by atoms with Crippen LogP contribution in [0, 0.1) is 0 Å². The lowest BCUT2D eigenvalue weighted by molar-refractivity contribution is 0.378. The molecule has 102 valence electrons. The van der Waals surface area contributed by atoms with Gasteiger partial charge in [-0.25, -0.2) is 0 Å². The largest absolute Gasteiger partial charge is 0.496 e. The highest BCUT2D eigenvalue weighted by Crippen LogP contribution is 2.37. The van der Waals surface area contributed by atoms with Gasteiger partial charge in [0.2, 0.25) is 0 Å². The van der Waals surface area contributed by atoms with Gasteiger partial charge in [-0.05, 0) is 26.0 Å². The van der Waals surface area contributed by atoms with Gasteiger partial charge in [0, 0.05) is 0 Å². The monoisotopic (exact) mass is 263 g/mol. The number of nitrogens with zero attached hydrogens (tertiary/aromatic N) is 2. The molecule has 2 N–H and O–H groups in total. The van der Waals surface area contributed by atoms with E-state index >= 15 is 0 Å². The van der Waals surface area contributed by atoms with Crippen LogP contribution < -0.4 is 15.2 Å². The summed E-state index contributed by atoms with van der Waals surface area (Å²) in [6, 6.07) is 5.43. The van der Waals surface area contributed by atoms with E-state index in [1.807, 2.05) is 6.07 Å². The summed E-state index contributed by atoms with van der Waals surface area (Å²) in [6.07, 6.45) is 0. The van der Waals surface area contributed by atoms with E-state index in [9.17, 15) is 0 Å². The minimum absolute atomic E-state index is 0.322. The second-order valence-corrected chi connectivity index (χ2v) is 4.68. The van der Waals surface area contributed by atoms with E-state index < -0.39 is 5.54 Å². The van der Waals surface area contributed by atoms with Crippen molar-refractivity contribution in [2.24, 2.45) is 5.73 Å². The molecule has 1 aromatic heterocycles. The zero-order valence-corrected chi connectivity index (χ0v) is 11.4. The highest BCUT2D eigenvalue weighted by Gasteiger charge is 2.25. The Morgan fingerprint density at radius 3 is 2.16 bits per heavy atom. The van der Waals surface area contributed by atoms with Crippen molar-refractivity contribution < 1.29 is 14.0 Å². The molecule has 0 aliphatic heterocycles. The van der Waals surface area contributed by atoms with Gasteiger partial charge in [-0.15, -0.1) is 0 Å². The second kappa shape index (κ2) is 4.89. The van der Waals surface area contributed by atoms with E-state index in [1.54, 1.807) is 40.2 Å². The van der Waals surface area contributed by atoms with Crippen LogP contribution in [0.3, 0.4) is 0 Å². The molecule has 0 spiro atoms. The summed E-state index contributed by atoms with van der Waals surface area (Å²) in [5, 5.41) is 3.89. The Morgan fingerprint density at radius 1 is 1.16 bits per heavy atom. The predicted octanol–water partition coefficient (Wildman–Crippen LogP) is 1.95. The molecule has 1 aromatic carbocycles. The van der Waals surface area contributed by atoms with Crippen molar-refractivity contribution in [3.05, 3.63) is 24.0 Å². The fraction of sp³-hybridized carbons (Fsp3) is 0.385. The Morgan fingerprint density at radius 2 is 1.74 bits per heavy atom. The summed E-state index contributed by atoms with van der Waals surface area (Å²) in [7, 11) is 3.14. The summed E-state index contributed by atoms with van der Waals surface area (Å²) in [4.78, 5) is 4.31. The number of rotatable bonds is 4. The van der Waals surface area contributed by atoms with E-state index in [0.29, 0.717) is 28.8 Å². The lowest BCUT2D eigenvalue weighted by Gasteiger charge is -2.12. The SMILES string of the molecule is COc1cccc(OC)c1-c1nc(C(C)(C)N)no1. The van der Waals surface area contributed by atoms with Crippen molar-refractivity contribution in [1.29, 1.82) is 0 Å². The van der Waals surface area contributed by atoms with Crippen molar-refractivity contribution in [1.82, 2.24) is 10.1 Å². The molecule has 0 aliphatic carbocycles. The van der Waals surface area contributed by atoms with Crippen LogP contribution >= 0.6 is 0 Å². The third-order valence-corrected chi connectivity index (χ3v) is 2.64. The van der Waals surface area contributed by atoms with Crippen LogP contribution in [-0.4, -0.2) is 24.4 Å². The Balaban J connectivity index is 2.55. The Hall–Kier alpha value is -2.08. The summed E-state index contributed by atoms with van der Waals surface area (Å²) in [5.74, 6) is 1.95. The summed E-state index contributed by atoms with van der Waals surface area (Å²) in [5.41, 5.74) is 5.89. The van der Waals surface area contributed by atoms with Crippen molar-refractivity contribution >= 4 is 0 Å². The highest BCUT2D eigenvalue weighted by atomic mass is 16.5. The van der Waals surface area contributed by atoms with Crippen LogP contribution in [0.25, 0.3) is 11.5 Å². The first kappa shape index (κ1) is 13.4. The number of aromatic nitrogens is 2. The molecule has 0 fully saturated rings. The van der Waals surface area contributed by atoms with E-state index in [4.69, 9.17) is 19.7 Å². The number of benzene rings is 1. The van der Waals surface area contributed by atoms with Crippen LogP contribution in [0.4, 0.5) is 0 Å². The van der Waals surface area contributed by atoms with Crippen molar-refractivity contribution in [2.75, 3.05) is 14.2 Å². The highest BCUT2D eigenvalue weighted by molar-refractivity contribution is 5.70. The fourth-order valence-corrected chi connectivity index (χ4v) is 1.65. The van der Waals surface area contributed by atoms with Crippen LogP contribution in [-0.2, 0) is 5.54 Å². The normalized spacial score (nSPS) is 11.4. The summed E-state index contributed by atoms with van der Waals surface area (Å²) in [6.45, 7) is 3.61. The third kappa shape index (κ3) is 2.53. The van der Waals surface area contributed by atoms with Gasteiger partial charge >= 0.3 is 0 Å². The van der Waals surface area contributed by atoms with E-state index in [1.165, 1.54) is 0 Å². The smallest absolute Gasteiger partial charge is 0.265 e. The zero-order valence-electron chi connectivity index (χ0n) is 11.4. The molecule has 0 atom stereocenters. The maximum atomic E-state index is 5.94. The first-order chi connectivity index (χ1) is 8.97. The molecule has 0 radical (unpaired) electrons. The van der Waals surface area contributed by atoms with Gasteiger partial charge in [0.05, 0.1) is 19.8 Å². The van der Waals surface area contributed by atoms with Gasteiger partial charge in [-0.3, -0.25) is 0 Å². The molecule has 2 rings (SSSR count). The van der Waals surface area contributed by atoms with Crippen molar-refractivity contribution in [2.45, 2.75) is 19.4 Å². The van der Waals surface area contributed by atoms with Crippen LogP contribution in [0.2, 0.25) is 0 Å². The zero-order chi connectivity index (χ0) is 14.0. The van der Waals surface area contributed by atoms with E-state index in [-0.39, 0.29) is 0 Å². The Kier molecular flexibility index (Phi) is 3.44. The molecular weight excluding hydrogens is 246 g/mol. The first-order valence-corrected chi connectivity index (χ1v) is 5.81. The average molecular weight is 263 g/mol. The lowest BCUT2D eigenvalue weighted by atomic mass is 10.1. The standard InChI is InChI=1S/C13H17N3O3/c1-13(2,14)12-15-11(19-16-12)10-8(17-3)6-5-7-9(10)18-4/h5-7H,14H2,1-4H3. The maximum absolute atomic E-state index is 5.94. The molecule has 19 heavy (non-hydrogen) atoms. The van der Waals surface area contributed by atoms with Crippen LogP contribution in [0.15, 0.2) is 22.7 Å². The summed E-state index contributed by atoms with van der Waals surface area (Å²) >= 11 is 0. The summed E-state index contributed by atoms with van der Waals surface area (Å²) < 4.78 is 15.9. The van der Waals surface area contributed by atoms with Crippen LogP contribution in [0.5, 0.6) is 11.5 Å². The molecule has 6 nitrogen and oxygen atoms in total. The molecule has 0 saturated carbocycles. The molecular formula is C13H17N3O3. The van der Waals surface area contributed by atoms with Gasteiger partial charge in [-0.2, -0.15) is 4.98 Å². The topological polar surface area (TPSA) is 83.4 Å². The van der Waals surface area contributed by atoms with E-state index in [2.05, 4.69) is 10.1 Å². The molecule has 0 saturated heterocycles. The molecule has 0 unspecified atom stereocenters. The molecule has 2 aromatic rings. The van der Waals surface area contributed by atoms with Crippen molar-refractivity contribution in [3.63, 3.8) is 0 Å². The minimum Gasteiger partial charge on any atom is -0.496 e. The van der Waals surface area contributed by atoms with Gasteiger partial charge in [-0.1, -0.05) is 11.2 Å². The van der Waals surface area contributed by atoms with Gasteiger partial charge < -0.3 is 19.7 Å². The molecule has 0 aliphatic rings. The Bertz CT molecular complexity index is 551. The number of hydrogen-bond acceptors (Lipinski definition) is 6. The lowest BCUT2D eigenvalue weighted by Crippen LogP contribution is -2.30. The van der Waals surface area contributed by atoms with Gasteiger partial charge in [0.25, 0.3) is 5.89 Å². The molecule has 6 heteroatoms. The maximum Gasteiger partial charge on any atom is 0.265 e. The average Bonchev–Trinajstić information content (AvgIpc) is 2.86. The fourth-order valence-electron chi connectivity index (χ4n) is 1.65. The first-order valence-electron chi connectivity index (χ1n) is 5.81. The van der Waals surface area contributed by atoms with E-state index in [0.717, 1.165) is 0 Å². The quantitative estimate of drug-likeness (QED) is 0.907. The number of methoxy groups -OCH3 is 2. The Labute approximate surface area is 111 Å². The second-order valence-electron chi connectivity index (χ2n) is 4.68. The van der Waals surface area contributed by atoms with Gasteiger partial charge in [0.15, 0.2) is 5.82 Å². The van der Waals surface area contributed by atoms with Crippen molar-refractivity contribution in [3.8, 4) is 23.0 Å². The number of hydrogen-bond donors (Lipinski definition) is 1. The number of nitrogens with two attached hydrogens (primary N) is 1.